The topological polar surface area (TPSA) is 199 Å². The van der Waals surface area contributed by atoms with Gasteiger partial charge in [-0.25, -0.2) is 15.0 Å². The van der Waals surface area contributed by atoms with Crippen LogP contribution in [0.5, 0.6) is 0 Å². The summed E-state index contributed by atoms with van der Waals surface area (Å²) in [6.45, 7) is 14.2. The maximum atomic E-state index is 10.1. The van der Waals surface area contributed by atoms with Crippen molar-refractivity contribution in [1.29, 1.82) is 0 Å². The van der Waals surface area contributed by atoms with Crippen molar-refractivity contribution in [3.8, 4) is 0 Å². The minimum Gasteiger partial charge on any atom is -0.393 e. The molecule has 5 aromatic heterocycles. The number of hydrogen-bond acceptors (Lipinski definition) is 14. The van der Waals surface area contributed by atoms with Crippen molar-refractivity contribution in [2.24, 2.45) is 37.8 Å². The third-order valence-corrected chi connectivity index (χ3v) is 16.6. The predicted octanol–water partition coefficient (Wildman–Crippen LogP) is 12.0. The predicted molar refractivity (Wildman–Crippen MR) is 330 cm³/mol. The fraction of sp³-hybridized carbons (Fsp3) is 0.707. The summed E-state index contributed by atoms with van der Waals surface area (Å²) in [4.78, 5) is 30.2. The van der Waals surface area contributed by atoms with Gasteiger partial charge >= 0.3 is 0 Å². The van der Waals surface area contributed by atoms with Crippen molar-refractivity contribution < 1.29 is 33.9 Å². The minimum atomic E-state index is -0.116. The number of anilines is 4. The summed E-state index contributed by atoms with van der Waals surface area (Å²) in [5, 5.41) is 45.4. The SMILES string of the molecule is C.C.CCCNc1nc(C2C3CCC2CC(O)C3)c2c(n1)N(C)CC2.CCCNc1nc(C2C3CCC2CC(O)C3)c2ccn(C)c2n1.CCCNc1nc(Cl)c2ccn(C)c2n1.C[C-](C)I.Cl.OC1CC2CCC(C1)N2.[V]. The summed E-state index contributed by atoms with van der Waals surface area (Å²) in [5.41, 5.74) is 5.73. The number of rotatable bonds is 11. The van der Waals surface area contributed by atoms with Crippen LogP contribution in [0.3, 0.4) is 0 Å². The summed E-state index contributed by atoms with van der Waals surface area (Å²) in [7, 11) is 6.11. The van der Waals surface area contributed by atoms with Gasteiger partial charge in [0.25, 0.3) is 0 Å². The molecule has 8 heterocycles. The Labute approximate surface area is 503 Å². The Kier molecular flexibility index (Phi) is 27.5. The first-order valence-electron chi connectivity index (χ1n) is 28.0. The zero-order valence-electron chi connectivity index (χ0n) is 46.3. The van der Waals surface area contributed by atoms with Crippen LogP contribution in [-0.2, 0) is 39.1 Å². The van der Waals surface area contributed by atoms with E-state index in [1.807, 2.05) is 30.9 Å². The molecular weight excluding hydrogens is 1180 g/mol. The molecule has 0 amide bonds. The first kappa shape index (κ1) is 67.8. The van der Waals surface area contributed by atoms with Gasteiger partial charge in [-0.15, -0.1) is 12.4 Å². The van der Waals surface area contributed by atoms with Crippen LogP contribution < -0.4 is 26.2 Å². The van der Waals surface area contributed by atoms with E-state index < -0.39 is 0 Å². The molecule has 16 nitrogen and oxygen atoms in total. The summed E-state index contributed by atoms with van der Waals surface area (Å²) in [6.07, 6.45) is 21.2. The van der Waals surface area contributed by atoms with E-state index in [0.717, 1.165) is 125 Å². The minimum absolute atomic E-state index is 0. The van der Waals surface area contributed by atoms with Crippen molar-refractivity contribution in [2.45, 2.75) is 194 Å². The number of nitrogens with zero attached hydrogens (tertiary/aromatic N) is 9. The molecule has 78 heavy (non-hydrogen) atoms. The molecule has 20 heteroatoms. The van der Waals surface area contributed by atoms with E-state index in [4.69, 9.17) is 31.5 Å². The van der Waals surface area contributed by atoms with E-state index in [2.05, 4.69) is 117 Å². The fourth-order valence-corrected chi connectivity index (χ4v) is 13.3. The van der Waals surface area contributed by atoms with Gasteiger partial charge in [-0.05, 0) is 139 Å². The second-order valence-corrected chi connectivity index (χ2v) is 24.9. The number of aliphatic hydroxyl groups is 3. The van der Waals surface area contributed by atoms with Crippen molar-refractivity contribution in [1.82, 2.24) is 44.4 Å². The zero-order valence-corrected chi connectivity index (χ0v) is 51.4. The first-order chi connectivity index (χ1) is 35.6. The number of aliphatic hydroxyl groups excluding tert-OH is 3. The average Bonchev–Trinajstić information content (AvgIpc) is 4.25. The van der Waals surface area contributed by atoms with Crippen LogP contribution in [0.1, 0.15) is 175 Å². The number of aromatic nitrogens is 8. The summed E-state index contributed by atoms with van der Waals surface area (Å²) < 4.78 is 5.40. The second-order valence-electron chi connectivity index (χ2n) is 22.4. The fourth-order valence-electron chi connectivity index (χ4n) is 13.1. The third kappa shape index (κ3) is 16.7. The Morgan fingerprint density at radius 3 is 1.49 bits per heavy atom. The van der Waals surface area contributed by atoms with Crippen LogP contribution in [-0.4, -0.2) is 118 Å². The van der Waals surface area contributed by atoms with Crippen LogP contribution in [0.4, 0.5) is 23.7 Å². The third-order valence-electron chi connectivity index (χ3n) is 16.3. The molecule has 0 spiro atoms. The molecule has 6 atom stereocenters. The van der Waals surface area contributed by atoms with Crippen LogP contribution >= 0.6 is 46.6 Å². The number of fused-ring (bicyclic) bond motifs is 9. The number of nitrogens with one attached hydrogen (secondary N) is 4. The van der Waals surface area contributed by atoms with Gasteiger partial charge in [0.1, 0.15) is 22.3 Å². The largest absolute Gasteiger partial charge is 0.393 e. The monoisotopic (exact) mass is 1270 g/mol. The van der Waals surface area contributed by atoms with Gasteiger partial charge < -0.3 is 73.2 Å². The number of hydrogen-bond donors (Lipinski definition) is 7. The molecule has 7 N–H and O–H groups in total. The Balaban J connectivity index is 0.000000224. The molecule has 437 valence electrons. The van der Waals surface area contributed by atoms with Crippen LogP contribution in [0.25, 0.3) is 22.1 Å². The Morgan fingerprint density at radius 2 is 1.01 bits per heavy atom. The number of piperidine rings is 1. The van der Waals surface area contributed by atoms with Crippen molar-refractivity contribution in [3.05, 3.63) is 50.6 Å². The molecule has 7 aliphatic rings. The van der Waals surface area contributed by atoms with Crippen LogP contribution in [0.2, 0.25) is 5.15 Å². The summed E-state index contributed by atoms with van der Waals surface area (Å²) in [6, 6.07) is 5.34. The van der Waals surface area contributed by atoms with Gasteiger partial charge in [0.2, 0.25) is 17.8 Å². The molecule has 6 unspecified atom stereocenters. The second kappa shape index (κ2) is 31.6. The molecule has 3 aliphatic heterocycles. The molecule has 6 bridgehead atoms. The first-order valence-corrected chi connectivity index (χ1v) is 29.5. The van der Waals surface area contributed by atoms with Crippen LogP contribution in [0, 0.1) is 27.6 Å². The van der Waals surface area contributed by atoms with Gasteiger partial charge in [-0.3, -0.25) is 3.92 Å². The molecule has 5 aromatic rings. The van der Waals surface area contributed by atoms with E-state index in [9.17, 15) is 15.3 Å². The average molecular weight is 1270 g/mol. The molecule has 6 fully saturated rings. The molecule has 4 saturated carbocycles. The molecule has 2 saturated heterocycles. The van der Waals surface area contributed by atoms with E-state index in [1.165, 1.54) is 64.8 Å². The normalized spacial score (nSPS) is 26.6. The van der Waals surface area contributed by atoms with Crippen LogP contribution in [0.15, 0.2) is 24.5 Å². The van der Waals surface area contributed by atoms with Crippen molar-refractivity contribution >= 4 is 92.3 Å². The van der Waals surface area contributed by atoms with Gasteiger partial charge in [-0.1, -0.05) is 47.2 Å². The molecule has 4 aliphatic carbocycles. The number of aryl methyl sites for hydroxylation is 2. The van der Waals surface area contributed by atoms with Gasteiger partial charge in [0.15, 0.2) is 0 Å². The quantitative estimate of drug-likeness (QED) is 0.0374. The molecule has 0 aromatic carbocycles. The van der Waals surface area contributed by atoms with Crippen molar-refractivity contribution in [2.75, 3.05) is 54.1 Å². The van der Waals surface area contributed by atoms with Gasteiger partial charge in [-0.2, -0.15) is 28.8 Å². The van der Waals surface area contributed by atoms with E-state index >= 15 is 0 Å². The molecular formula is C58H95Cl2IN13O3V-. The van der Waals surface area contributed by atoms with Gasteiger partial charge in [0.05, 0.1) is 35.1 Å². The van der Waals surface area contributed by atoms with Crippen molar-refractivity contribution in [3.63, 3.8) is 0 Å². The zero-order chi connectivity index (χ0) is 52.6. The Bertz CT molecular complexity index is 2570. The maximum absolute atomic E-state index is 10.1. The maximum Gasteiger partial charge on any atom is 0.226 e. The van der Waals surface area contributed by atoms with E-state index in [1.54, 1.807) is 0 Å². The molecule has 12 rings (SSSR count). The number of halogens is 3. The standard InChI is InChI=1S/C18H28N4O.C18H26N4O.C10H13ClN4.C7H13NO.C3H6I.2CH4.ClH.V/c2*1-3-7-19-18-20-16(14-6-8-22(2)17(14)21-18)15-11-4-5-12(15)10-13(23)9-11;1-3-5-12-10-13-8(11)7-4-6-15(2)9(7)14-10;9-7-3-5-1-2-6(4-7)8-5;1-3(2)4;;;;/h11-13,15,23H,3-10H2,1-2H3,(H,19,20,21);6,8,11-13,15,23H,3-5,7,9-10H2,1-2H3,(H,19,20,21);4,6H,3,5H2,1-2H3,(H,12,13,14);5-9H,1-4H2;1-2H3;2*1H4;1H;/q;;;;-1;;;;. The summed E-state index contributed by atoms with van der Waals surface area (Å²) in [5.74, 6) is 6.62. The van der Waals surface area contributed by atoms with E-state index in [-0.39, 0.29) is 64.1 Å². The molecule has 1 radical (unpaired) electrons. The Morgan fingerprint density at radius 1 is 0.615 bits per heavy atom. The Hall–Kier alpha value is -2.75. The van der Waals surface area contributed by atoms with Gasteiger partial charge in [0, 0.05) is 113 Å². The smallest absolute Gasteiger partial charge is 0.226 e. The van der Waals surface area contributed by atoms with E-state index in [0.29, 0.717) is 58.7 Å². The summed E-state index contributed by atoms with van der Waals surface area (Å²) >= 11 is 8.31. The number of likely N-dealkylation sites (N-methyl/N-ethyl adjacent to an activating group) is 1.